The zero-order valence-corrected chi connectivity index (χ0v) is 9.44. The van der Waals surface area contributed by atoms with Crippen LogP contribution in [0.5, 0.6) is 0 Å². The minimum Gasteiger partial charge on any atom is -0.381 e. The van der Waals surface area contributed by atoms with Crippen LogP contribution in [0, 0.1) is 5.92 Å². The van der Waals surface area contributed by atoms with E-state index in [2.05, 4.69) is 26.1 Å². The zero-order valence-electron chi connectivity index (χ0n) is 9.44. The summed E-state index contributed by atoms with van der Waals surface area (Å²) in [4.78, 5) is 0. The van der Waals surface area contributed by atoms with Crippen LogP contribution in [0.25, 0.3) is 0 Å². The van der Waals surface area contributed by atoms with Gasteiger partial charge in [0.15, 0.2) is 0 Å². The minimum atomic E-state index is 0.665. The maximum Gasteiger partial charge on any atom is 0.0488 e. The van der Waals surface area contributed by atoms with Crippen LogP contribution < -0.4 is 5.32 Å². The fourth-order valence-corrected chi connectivity index (χ4v) is 1.07. The van der Waals surface area contributed by atoms with Crippen molar-refractivity contribution in [3.8, 4) is 0 Å². The minimum absolute atomic E-state index is 0.665. The van der Waals surface area contributed by atoms with Crippen molar-refractivity contribution in [1.82, 2.24) is 5.32 Å². The van der Waals surface area contributed by atoms with Crippen molar-refractivity contribution in [2.75, 3.05) is 26.3 Å². The second-order valence-electron chi connectivity index (χ2n) is 3.93. The quantitative estimate of drug-likeness (QED) is 0.560. The van der Waals surface area contributed by atoms with Gasteiger partial charge in [0, 0.05) is 13.2 Å². The van der Waals surface area contributed by atoms with Gasteiger partial charge in [-0.25, -0.2) is 0 Å². The fourth-order valence-electron chi connectivity index (χ4n) is 1.07. The van der Waals surface area contributed by atoms with E-state index in [9.17, 15) is 0 Å². The number of hydrogen-bond acceptors (Lipinski definition) is 2. The number of rotatable bonds is 9. The summed E-state index contributed by atoms with van der Waals surface area (Å²) in [6.45, 7) is 10.7. The highest BCUT2D eigenvalue weighted by atomic mass is 16.5. The molecule has 2 heteroatoms. The molecule has 0 aromatic heterocycles. The molecule has 2 nitrogen and oxygen atoms in total. The predicted octanol–water partition coefficient (Wildman–Crippen LogP) is 2.44. The summed E-state index contributed by atoms with van der Waals surface area (Å²) >= 11 is 0. The van der Waals surface area contributed by atoms with E-state index in [1.807, 2.05) is 0 Å². The second-order valence-corrected chi connectivity index (χ2v) is 3.93. The largest absolute Gasteiger partial charge is 0.381 e. The highest BCUT2D eigenvalue weighted by Crippen LogP contribution is 1.94. The Kier molecular flexibility index (Phi) is 9.94. The molecule has 1 N–H and O–H groups in total. The Morgan fingerprint density at radius 1 is 1.15 bits per heavy atom. The summed E-state index contributed by atoms with van der Waals surface area (Å²) in [5.74, 6) is 0.665. The van der Waals surface area contributed by atoms with Crippen LogP contribution >= 0.6 is 0 Å². The normalized spacial score (nSPS) is 11.1. The first-order valence-corrected chi connectivity index (χ1v) is 5.55. The number of nitrogens with one attached hydrogen (secondary N) is 1. The molecule has 0 amide bonds. The van der Waals surface area contributed by atoms with E-state index in [4.69, 9.17) is 4.74 Å². The van der Waals surface area contributed by atoms with Gasteiger partial charge in [0.05, 0.1) is 0 Å². The molecule has 0 aliphatic heterocycles. The first-order valence-electron chi connectivity index (χ1n) is 5.55. The standard InChI is InChI=1S/C11H25NO/c1-4-7-12-8-5-6-9-13-10-11(2)3/h11-12H,4-10H2,1-3H3. The SMILES string of the molecule is CCCNCCCCOCC(C)C. The maximum absolute atomic E-state index is 5.47. The van der Waals surface area contributed by atoms with Crippen LogP contribution in [0.15, 0.2) is 0 Å². The highest BCUT2D eigenvalue weighted by molar-refractivity contribution is 4.47. The zero-order chi connectivity index (χ0) is 9.94. The molecule has 80 valence electrons. The Morgan fingerprint density at radius 3 is 2.54 bits per heavy atom. The van der Waals surface area contributed by atoms with Gasteiger partial charge < -0.3 is 10.1 Å². The van der Waals surface area contributed by atoms with Crippen LogP contribution in [-0.4, -0.2) is 26.3 Å². The fraction of sp³-hybridized carbons (Fsp3) is 1.00. The second kappa shape index (κ2) is 10.0. The lowest BCUT2D eigenvalue weighted by Crippen LogP contribution is -2.16. The highest BCUT2D eigenvalue weighted by Gasteiger charge is 1.93. The van der Waals surface area contributed by atoms with E-state index in [1.54, 1.807) is 0 Å². The van der Waals surface area contributed by atoms with Gasteiger partial charge in [-0.05, 0) is 38.3 Å². The van der Waals surface area contributed by atoms with Crippen LogP contribution in [0.4, 0.5) is 0 Å². The van der Waals surface area contributed by atoms with Crippen LogP contribution in [0.3, 0.4) is 0 Å². The molecule has 0 aromatic carbocycles. The van der Waals surface area contributed by atoms with Crippen molar-refractivity contribution in [3.05, 3.63) is 0 Å². The van der Waals surface area contributed by atoms with Gasteiger partial charge in [0.2, 0.25) is 0 Å². The first-order chi connectivity index (χ1) is 6.27. The number of unbranched alkanes of at least 4 members (excludes halogenated alkanes) is 1. The molecule has 0 heterocycles. The topological polar surface area (TPSA) is 21.3 Å². The molecule has 0 radical (unpaired) electrons. The lowest BCUT2D eigenvalue weighted by atomic mass is 10.2. The van der Waals surface area contributed by atoms with Crippen LogP contribution in [0.1, 0.15) is 40.0 Å². The molecule has 13 heavy (non-hydrogen) atoms. The molecule has 0 bridgehead atoms. The Labute approximate surface area is 83.1 Å². The molecular weight excluding hydrogens is 162 g/mol. The van der Waals surface area contributed by atoms with E-state index in [0.717, 1.165) is 26.3 Å². The average molecular weight is 187 g/mol. The third-order valence-electron chi connectivity index (χ3n) is 1.77. The molecule has 0 rings (SSSR count). The van der Waals surface area contributed by atoms with E-state index in [-0.39, 0.29) is 0 Å². The molecule has 0 aliphatic carbocycles. The molecule has 0 unspecified atom stereocenters. The van der Waals surface area contributed by atoms with E-state index in [1.165, 1.54) is 19.3 Å². The summed E-state index contributed by atoms with van der Waals surface area (Å²) in [6, 6.07) is 0. The van der Waals surface area contributed by atoms with E-state index >= 15 is 0 Å². The maximum atomic E-state index is 5.47. The van der Waals surface area contributed by atoms with Crippen molar-refractivity contribution in [2.45, 2.75) is 40.0 Å². The van der Waals surface area contributed by atoms with E-state index in [0.29, 0.717) is 5.92 Å². The Morgan fingerprint density at radius 2 is 1.92 bits per heavy atom. The van der Waals surface area contributed by atoms with Gasteiger partial charge in [0.25, 0.3) is 0 Å². The Balaban J connectivity index is 2.84. The lowest BCUT2D eigenvalue weighted by molar-refractivity contribution is 0.107. The molecular formula is C11H25NO. The lowest BCUT2D eigenvalue weighted by Gasteiger charge is -2.06. The number of ether oxygens (including phenoxy) is 1. The third-order valence-corrected chi connectivity index (χ3v) is 1.77. The van der Waals surface area contributed by atoms with Gasteiger partial charge in [-0.1, -0.05) is 20.8 Å². The van der Waals surface area contributed by atoms with Crippen LogP contribution in [0.2, 0.25) is 0 Å². The predicted molar refractivity (Wildman–Crippen MR) is 58.1 cm³/mol. The van der Waals surface area contributed by atoms with Gasteiger partial charge >= 0.3 is 0 Å². The summed E-state index contributed by atoms with van der Waals surface area (Å²) in [5, 5.41) is 3.38. The van der Waals surface area contributed by atoms with Crippen molar-refractivity contribution in [1.29, 1.82) is 0 Å². The third kappa shape index (κ3) is 11.9. The smallest absolute Gasteiger partial charge is 0.0488 e. The van der Waals surface area contributed by atoms with Gasteiger partial charge in [0.1, 0.15) is 0 Å². The summed E-state index contributed by atoms with van der Waals surface area (Å²) in [7, 11) is 0. The summed E-state index contributed by atoms with van der Waals surface area (Å²) < 4.78 is 5.47. The van der Waals surface area contributed by atoms with Crippen molar-refractivity contribution in [2.24, 2.45) is 5.92 Å². The summed E-state index contributed by atoms with van der Waals surface area (Å²) in [6.07, 6.45) is 3.64. The monoisotopic (exact) mass is 187 g/mol. The van der Waals surface area contributed by atoms with Crippen molar-refractivity contribution in [3.63, 3.8) is 0 Å². The molecule has 0 aromatic rings. The van der Waals surface area contributed by atoms with Crippen molar-refractivity contribution >= 4 is 0 Å². The van der Waals surface area contributed by atoms with Crippen molar-refractivity contribution < 1.29 is 4.74 Å². The summed E-state index contributed by atoms with van der Waals surface area (Å²) in [5.41, 5.74) is 0. The van der Waals surface area contributed by atoms with E-state index < -0.39 is 0 Å². The average Bonchev–Trinajstić information content (AvgIpc) is 2.09. The van der Waals surface area contributed by atoms with Gasteiger partial charge in [-0.3, -0.25) is 0 Å². The Hall–Kier alpha value is -0.0800. The Bertz CT molecular complexity index is 94.1. The molecule has 0 saturated heterocycles. The molecule has 0 aliphatic rings. The van der Waals surface area contributed by atoms with Gasteiger partial charge in [-0.15, -0.1) is 0 Å². The first kappa shape index (κ1) is 12.9. The molecule has 0 fully saturated rings. The molecule has 0 spiro atoms. The number of hydrogen-bond donors (Lipinski definition) is 1. The van der Waals surface area contributed by atoms with Gasteiger partial charge in [-0.2, -0.15) is 0 Å². The molecule has 0 saturated carbocycles. The van der Waals surface area contributed by atoms with Crippen LogP contribution in [-0.2, 0) is 4.74 Å². The molecule has 0 atom stereocenters.